The van der Waals surface area contributed by atoms with E-state index in [0.717, 1.165) is 25.1 Å². The summed E-state index contributed by atoms with van der Waals surface area (Å²) >= 11 is 0. The van der Waals surface area contributed by atoms with Crippen LogP contribution in [0.25, 0.3) is 22.5 Å². The summed E-state index contributed by atoms with van der Waals surface area (Å²) in [5.74, 6) is 0.383. The highest BCUT2D eigenvalue weighted by Gasteiger charge is 2.22. The van der Waals surface area contributed by atoms with E-state index in [9.17, 15) is 18.3 Å². The molecule has 0 bridgehead atoms. The van der Waals surface area contributed by atoms with Crippen molar-refractivity contribution >= 4 is 17.3 Å². The van der Waals surface area contributed by atoms with Crippen molar-refractivity contribution < 1.29 is 18.3 Å². The van der Waals surface area contributed by atoms with Crippen molar-refractivity contribution in [3.63, 3.8) is 0 Å². The summed E-state index contributed by atoms with van der Waals surface area (Å²) in [5.41, 5.74) is 8.63. The zero-order valence-corrected chi connectivity index (χ0v) is 19.7. The molecular formula is C25H25F3N8O. The molecule has 4 N–H and O–H groups in total. The minimum Gasteiger partial charge on any atom is -0.392 e. The van der Waals surface area contributed by atoms with Crippen LogP contribution in [0.1, 0.15) is 25.0 Å². The summed E-state index contributed by atoms with van der Waals surface area (Å²) in [6.45, 7) is -1.75. The second-order valence-electron chi connectivity index (χ2n) is 8.74. The Hall–Kier alpha value is -4.03. The van der Waals surface area contributed by atoms with Gasteiger partial charge < -0.3 is 21.1 Å². The first-order chi connectivity index (χ1) is 17.9. The molecule has 12 heteroatoms. The number of alkyl halides is 2. The molecule has 1 aliphatic heterocycles. The predicted molar refractivity (Wildman–Crippen MR) is 133 cm³/mol. The van der Waals surface area contributed by atoms with Gasteiger partial charge in [-0.05, 0) is 30.5 Å². The van der Waals surface area contributed by atoms with E-state index in [1.54, 1.807) is 24.4 Å². The van der Waals surface area contributed by atoms with Crippen molar-refractivity contribution in [1.82, 2.24) is 24.7 Å². The maximum absolute atomic E-state index is 14.5. The monoisotopic (exact) mass is 510 g/mol. The van der Waals surface area contributed by atoms with E-state index in [1.165, 1.54) is 30.7 Å². The fraction of sp³-hybridized carbons (Fsp3) is 0.280. The van der Waals surface area contributed by atoms with E-state index < -0.39 is 12.4 Å². The smallest absolute Gasteiger partial charge is 0.333 e. The van der Waals surface area contributed by atoms with Crippen LogP contribution in [-0.4, -0.2) is 49.0 Å². The molecule has 3 aromatic heterocycles. The van der Waals surface area contributed by atoms with Gasteiger partial charge in [0.15, 0.2) is 5.82 Å². The topological polar surface area (TPSA) is 118 Å². The van der Waals surface area contributed by atoms with Crippen molar-refractivity contribution in [2.45, 2.75) is 32.0 Å². The number of aromatic nitrogens is 5. The fourth-order valence-electron chi connectivity index (χ4n) is 4.44. The van der Waals surface area contributed by atoms with Gasteiger partial charge in [-0.2, -0.15) is 13.9 Å². The maximum atomic E-state index is 14.5. The molecule has 0 amide bonds. The second-order valence-corrected chi connectivity index (χ2v) is 8.74. The first-order valence-corrected chi connectivity index (χ1v) is 11.7. The number of rotatable bonds is 7. The average Bonchev–Trinajstić information content (AvgIpc) is 3.39. The first kappa shape index (κ1) is 24.7. The van der Waals surface area contributed by atoms with Gasteiger partial charge in [-0.25, -0.2) is 24.0 Å². The predicted octanol–water partition coefficient (Wildman–Crippen LogP) is 4.10. The van der Waals surface area contributed by atoms with Crippen molar-refractivity contribution in [1.29, 1.82) is 0 Å². The molecule has 4 aromatic rings. The van der Waals surface area contributed by atoms with E-state index >= 15 is 0 Å². The Morgan fingerprint density at radius 1 is 1.16 bits per heavy atom. The van der Waals surface area contributed by atoms with Gasteiger partial charge in [0, 0.05) is 60.6 Å². The SMILES string of the molecule is N[C@H]1CCCN(c2cc(Nc3ccnc(-c4c(F)cccc4CO)n3)ncc2-c2cnn(C(F)F)c2)C1. The highest BCUT2D eigenvalue weighted by Crippen LogP contribution is 2.35. The van der Waals surface area contributed by atoms with Gasteiger partial charge in [0.2, 0.25) is 0 Å². The Bertz CT molecular complexity index is 1400. The molecule has 0 radical (unpaired) electrons. The van der Waals surface area contributed by atoms with Crippen LogP contribution in [-0.2, 0) is 6.61 Å². The number of nitrogens with zero attached hydrogens (tertiary/aromatic N) is 6. The largest absolute Gasteiger partial charge is 0.392 e. The van der Waals surface area contributed by atoms with Gasteiger partial charge in [-0.3, -0.25) is 0 Å². The van der Waals surface area contributed by atoms with E-state index in [-0.39, 0.29) is 24.0 Å². The van der Waals surface area contributed by atoms with Gasteiger partial charge in [0.1, 0.15) is 17.5 Å². The molecule has 9 nitrogen and oxygen atoms in total. The summed E-state index contributed by atoms with van der Waals surface area (Å²) < 4.78 is 41.4. The molecule has 37 heavy (non-hydrogen) atoms. The Morgan fingerprint density at radius 2 is 2.03 bits per heavy atom. The normalized spacial score (nSPS) is 15.8. The van der Waals surface area contributed by atoms with Gasteiger partial charge in [0.25, 0.3) is 0 Å². The minimum atomic E-state index is -2.75. The van der Waals surface area contributed by atoms with Crippen LogP contribution >= 0.6 is 0 Å². The number of aliphatic hydroxyl groups is 1. The minimum absolute atomic E-state index is 0.0131. The van der Waals surface area contributed by atoms with Crippen LogP contribution in [0.2, 0.25) is 0 Å². The number of nitrogens with one attached hydrogen (secondary N) is 1. The molecule has 1 atom stereocenters. The molecule has 0 unspecified atom stereocenters. The lowest BCUT2D eigenvalue weighted by Gasteiger charge is -2.34. The lowest BCUT2D eigenvalue weighted by molar-refractivity contribution is 0.0566. The molecule has 1 aliphatic rings. The lowest BCUT2D eigenvalue weighted by atomic mass is 10.0. The van der Waals surface area contributed by atoms with E-state index in [0.29, 0.717) is 39.6 Å². The lowest BCUT2D eigenvalue weighted by Crippen LogP contribution is -2.43. The number of hydrogen-bond donors (Lipinski definition) is 3. The third-order valence-corrected chi connectivity index (χ3v) is 6.20. The van der Waals surface area contributed by atoms with E-state index in [2.05, 4.69) is 30.3 Å². The van der Waals surface area contributed by atoms with Crippen molar-refractivity contribution in [3.05, 3.63) is 66.5 Å². The van der Waals surface area contributed by atoms with Gasteiger partial charge in [-0.15, -0.1) is 0 Å². The molecular weight excluding hydrogens is 485 g/mol. The van der Waals surface area contributed by atoms with Gasteiger partial charge in [0.05, 0.1) is 18.4 Å². The number of benzene rings is 1. The van der Waals surface area contributed by atoms with Gasteiger partial charge >= 0.3 is 6.55 Å². The third kappa shape index (κ3) is 5.25. The van der Waals surface area contributed by atoms with E-state index in [1.807, 2.05) is 0 Å². The molecule has 1 aromatic carbocycles. The Balaban J connectivity index is 1.50. The Labute approximate surface area is 210 Å². The summed E-state index contributed by atoms with van der Waals surface area (Å²) in [6, 6.07) is 7.80. The second kappa shape index (κ2) is 10.5. The van der Waals surface area contributed by atoms with Crippen LogP contribution in [0.4, 0.5) is 30.5 Å². The first-order valence-electron chi connectivity index (χ1n) is 11.7. The fourth-order valence-corrected chi connectivity index (χ4v) is 4.44. The Kier molecular flexibility index (Phi) is 7.01. The molecule has 4 heterocycles. The molecule has 5 rings (SSSR count). The maximum Gasteiger partial charge on any atom is 0.333 e. The van der Waals surface area contributed by atoms with Crippen LogP contribution in [0.15, 0.2) is 55.1 Å². The molecule has 1 saturated heterocycles. The molecule has 0 spiro atoms. The number of pyridine rings is 1. The zero-order valence-electron chi connectivity index (χ0n) is 19.7. The molecule has 0 saturated carbocycles. The Morgan fingerprint density at radius 3 is 2.78 bits per heavy atom. The van der Waals surface area contributed by atoms with Crippen molar-refractivity contribution in [2.75, 3.05) is 23.3 Å². The van der Waals surface area contributed by atoms with Crippen LogP contribution in [0, 0.1) is 5.82 Å². The van der Waals surface area contributed by atoms with Crippen LogP contribution in [0.5, 0.6) is 0 Å². The molecule has 192 valence electrons. The molecule has 0 aliphatic carbocycles. The summed E-state index contributed by atoms with van der Waals surface area (Å²) in [5, 5.41) is 16.5. The molecule has 1 fully saturated rings. The number of nitrogens with two attached hydrogens (primary N) is 1. The standard InChI is InChI=1S/C25H25F3N8O/c26-19-5-1-3-15(14-37)23(19)24-30-7-6-21(34-24)33-22-9-20(35-8-2-4-17(29)13-35)18(11-31-22)16-10-32-36(12-16)25(27)28/h1,3,5-7,9-12,17,25,37H,2,4,8,13-14,29H2,(H,30,31,33,34)/t17-/m0/s1. The summed E-state index contributed by atoms with van der Waals surface area (Å²) in [4.78, 5) is 15.2. The number of piperidine rings is 1. The quantitative estimate of drug-likeness (QED) is 0.340. The van der Waals surface area contributed by atoms with Crippen molar-refractivity contribution in [2.24, 2.45) is 5.73 Å². The van der Waals surface area contributed by atoms with E-state index in [4.69, 9.17) is 5.73 Å². The number of halogens is 3. The third-order valence-electron chi connectivity index (χ3n) is 6.20. The number of anilines is 3. The zero-order chi connectivity index (χ0) is 25.9. The van der Waals surface area contributed by atoms with Crippen LogP contribution < -0.4 is 16.0 Å². The van der Waals surface area contributed by atoms with Gasteiger partial charge in [-0.1, -0.05) is 12.1 Å². The van der Waals surface area contributed by atoms with Crippen LogP contribution in [0.3, 0.4) is 0 Å². The summed E-state index contributed by atoms with van der Waals surface area (Å²) in [7, 11) is 0. The highest BCUT2D eigenvalue weighted by molar-refractivity contribution is 5.80. The number of aliphatic hydroxyl groups excluding tert-OH is 1. The average molecular weight is 511 g/mol. The number of hydrogen-bond acceptors (Lipinski definition) is 8. The highest BCUT2D eigenvalue weighted by atomic mass is 19.3. The van der Waals surface area contributed by atoms with Crippen molar-refractivity contribution in [3.8, 4) is 22.5 Å². The summed E-state index contributed by atoms with van der Waals surface area (Å²) in [6.07, 6.45) is 7.54.